The number of carbonyl (C=O) groups excluding carboxylic acids is 1. The third-order valence-corrected chi connectivity index (χ3v) is 10.5. The average Bonchev–Trinajstić information content (AvgIpc) is 3.77. The first kappa shape index (κ1) is 34.6. The molecule has 1 N–H and O–H groups in total. The lowest BCUT2D eigenvalue weighted by molar-refractivity contribution is -0.112. The summed E-state index contributed by atoms with van der Waals surface area (Å²) in [5.74, 6) is 2.02. The normalized spacial score (nSPS) is 16.2. The van der Waals surface area contributed by atoms with Crippen molar-refractivity contribution in [2.45, 2.75) is 82.0 Å². The first-order valence-electron chi connectivity index (χ1n) is 17.6. The summed E-state index contributed by atoms with van der Waals surface area (Å²) in [6.45, 7) is 7.96. The third kappa shape index (κ3) is 8.85. The van der Waals surface area contributed by atoms with Crippen LogP contribution in [0.5, 0.6) is 5.75 Å². The molecule has 2 atom stereocenters. The molecule has 0 spiro atoms. The first-order valence-corrected chi connectivity index (χ1v) is 18.9. The maximum atomic E-state index is 13.7. The van der Waals surface area contributed by atoms with E-state index in [1.54, 1.807) is 12.5 Å². The number of pyridine rings is 1. The van der Waals surface area contributed by atoms with E-state index >= 15 is 0 Å². The summed E-state index contributed by atoms with van der Waals surface area (Å²) in [6, 6.07) is 17.9. The van der Waals surface area contributed by atoms with Crippen LogP contribution in [0.25, 0.3) is 17.2 Å². The Bertz CT molecular complexity index is 1750. The number of fused-ring (bicyclic) bond motifs is 3. The van der Waals surface area contributed by atoms with Gasteiger partial charge in [-0.1, -0.05) is 32.4 Å². The fourth-order valence-corrected chi connectivity index (χ4v) is 7.61. The maximum absolute atomic E-state index is 13.7. The van der Waals surface area contributed by atoms with Crippen molar-refractivity contribution in [2.75, 3.05) is 36.6 Å². The third-order valence-electron chi connectivity index (χ3n) is 9.16. The van der Waals surface area contributed by atoms with Crippen LogP contribution in [0.4, 0.5) is 11.5 Å². The number of amides is 1. The number of hydrogen-bond acceptors (Lipinski definition) is 7. The monoisotopic (exact) mass is 681 g/mol. The molecule has 0 bridgehead atoms. The van der Waals surface area contributed by atoms with Gasteiger partial charge in [0.2, 0.25) is 0 Å². The smallest absolute Gasteiger partial charge is 0.251 e. The van der Waals surface area contributed by atoms with Crippen LogP contribution in [0.15, 0.2) is 83.8 Å². The van der Waals surface area contributed by atoms with Gasteiger partial charge in [-0.25, -0.2) is 9.97 Å². The van der Waals surface area contributed by atoms with Gasteiger partial charge in [-0.3, -0.25) is 9.00 Å². The van der Waals surface area contributed by atoms with E-state index in [0.29, 0.717) is 37.1 Å². The number of aryl methyl sites for hydroxylation is 1. The number of anilines is 2. The number of hydrogen-bond donors (Lipinski definition) is 1. The topological polar surface area (TPSA) is 98.6 Å². The van der Waals surface area contributed by atoms with Crippen LogP contribution in [0, 0.1) is 0 Å². The minimum Gasteiger partial charge on any atom is -0.491 e. The zero-order valence-corrected chi connectivity index (χ0v) is 29.4. The number of aromatic nitrogens is 3. The highest BCUT2D eigenvalue weighted by Crippen LogP contribution is 2.36. The van der Waals surface area contributed by atoms with Crippen molar-refractivity contribution in [3.05, 3.63) is 90.1 Å². The van der Waals surface area contributed by atoms with Crippen molar-refractivity contribution in [2.24, 2.45) is 0 Å². The molecule has 9 nitrogen and oxygen atoms in total. The van der Waals surface area contributed by atoms with Crippen molar-refractivity contribution in [1.29, 1.82) is 0 Å². The van der Waals surface area contributed by atoms with Crippen molar-refractivity contribution >= 4 is 34.3 Å². The second-order valence-electron chi connectivity index (χ2n) is 12.7. The van der Waals surface area contributed by atoms with E-state index in [9.17, 15) is 9.00 Å². The van der Waals surface area contributed by atoms with Crippen molar-refractivity contribution < 1.29 is 18.5 Å². The molecule has 1 saturated heterocycles. The molecule has 2 aliphatic rings. The Hall–Kier alpha value is -4.28. The number of nitrogens with one attached hydrogen (secondary N) is 1. The fraction of sp³-hybridized carbons (Fsp3) is 0.410. The second kappa shape index (κ2) is 16.9. The van der Waals surface area contributed by atoms with Crippen LogP contribution >= 0.6 is 0 Å². The molecule has 10 heteroatoms. The van der Waals surface area contributed by atoms with Crippen LogP contribution in [0.2, 0.25) is 0 Å². The lowest BCUT2D eigenvalue weighted by Gasteiger charge is -2.29. The van der Waals surface area contributed by atoms with Gasteiger partial charge < -0.3 is 24.3 Å². The second-order valence-corrected chi connectivity index (χ2v) is 14.2. The van der Waals surface area contributed by atoms with E-state index < -0.39 is 10.8 Å². The van der Waals surface area contributed by atoms with Crippen LogP contribution in [0.3, 0.4) is 0 Å². The molecule has 49 heavy (non-hydrogen) atoms. The van der Waals surface area contributed by atoms with Gasteiger partial charge >= 0.3 is 0 Å². The zero-order chi connectivity index (χ0) is 34.0. The van der Waals surface area contributed by atoms with Crippen LogP contribution in [-0.2, 0) is 32.6 Å². The molecular formula is C39H47N5O4S. The quantitative estimate of drug-likeness (QED) is 0.129. The Morgan fingerprint density at radius 2 is 1.82 bits per heavy atom. The summed E-state index contributed by atoms with van der Waals surface area (Å²) in [5.41, 5.74) is 5.34. The number of ether oxygens (including phenoxy) is 2. The number of carbonyl (C=O) groups is 1. The van der Waals surface area contributed by atoms with Crippen molar-refractivity contribution in [3.8, 4) is 16.9 Å². The molecule has 0 saturated carbocycles. The average molecular weight is 682 g/mol. The minimum atomic E-state index is -1.22. The molecule has 6 rings (SSSR count). The molecule has 0 radical (unpaired) electrons. The SMILES string of the molecule is CCCCOCCOc1ccc(-c2cnc3c(c2)C=C(C(=O)Nc2ccc([S@@](=O)Cc4cncn4CCC)cc2)CC[C@H]2CCCN32)cc1. The van der Waals surface area contributed by atoms with Crippen molar-refractivity contribution in [3.63, 3.8) is 0 Å². The Morgan fingerprint density at radius 1 is 0.980 bits per heavy atom. The highest BCUT2D eigenvalue weighted by atomic mass is 32.2. The molecule has 2 aromatic carbocycles. The van der Waals surface area contributed by atoms with E-state index in [-0.39, 0.29) is 5.91 Å². The fourth-order valence-electron chi connectivity index (χ4n) is 6.49. The van der Waals surface area contributed by atoms with E-state index in [1.807, 2.05) is 60.8 Å². The lowest BCUT2D eigenvalue weighted by Crippen LogP contribution is -2.32. The highest BCUT2D eigenvalue weighted by Gasteiger charge is 2.30. The molecule has 1 fully saturated rings. The molecular weight excluding hydrogens is 635 g/mol. The summed E-state index contributed by atoms with van der Waals surface area (Å²) in [4.78, 5) is 26.0. The summed E-state index contributed by atoms with van der Waals surface area (Å²) >= 11 is 0. The number of rotatable bonds is 15. The van der Waals surface area contributed by atoms with Crippen molar-refractivity contribution in [1.82, 2.24) is 14.5 Å². The van der Waals surface area contributed by atoms with Crippen LogP contribution < -0.4 is 15.0 Å². The van der Waals surface area contributed by atoms with Gasteiger partial charge in [-0.05, 0) is 92.6 Å². The molecule has 0 unspecified atom stereocenters. The van der Waals surface area contributed by atoms with E-state index in [2.05, 4.69) is 39.7 Å². The zero-order valence-electron chi connectivity index (χ0n) is 28.6. The molecule has 4 heterocycles. The van der Waals surface area contributed by atoms with E-state index in [1.165, 1.54) is 0 Å². The Labute approximate surface area is 292 Å². The van der Waals surface area contributed by atoms with Gasteiger partial charge in [0.05, 0.1) is 35.2 Å². The molecule has 1 amide bonds. The Morgan fingerprint density at radius 3 is 2.61 bits per heavy atom. The Kier molecular flexibility index (Phi) is 11.9. The first-order chi connectivity index (χ1) is 24.0. The number of imidazole rings is 1. The van der Waals surface area contributed by atoms with Gasteiger partial charge in [-0.15, -0.1) is 0 Å². The molecule has 258 valence electrons. The predicted molar refractivity (Wildman–Crippen MR) is 196 cm³/mol. The Balaban J connectivity index is 1.15. The predicted octanol–water partition coefficient (Wildman–Crippen LogP) is 7.64. The highest BCUT2D eigenvalue weighted by molar-refractivity contribution is 7.84. The summed E-state index contributed by atoms with van der Waals surface area (Å²) < 4.78 is 26.6. The molecule has 2 aromatic heterocycles. The summed E-state index contributed by atoms with van der Waals surface area (Å²) in [6.07, 6.45) is 14.5. The van der Waals surface area contributed by atoms with E-state index in [0.717, 1.165) is 103 Å². The van der Waals surface area contributed by atoms with Gasteiger partial charge in [0.15, 0.2) is 0 Å². The van der Waals surface area contributed by atoms with Crippen LogP contribution in [-0.4, -0.2) is 57.1 Å². The number of benzene rings is 2. The number of nitrogens with zero attached hydrogens (tertiary/aromatic N) is 4. The maximum Gasteiger partial charge on any atom is 0.251 e. The van der Waals surface area contributed by atoms with Gasteiger partial charge in [0, 0.05) is 65.4 Å². The van der Waals surface area contributed by atoms with Crippen LogP contribution in [0.1, 0.15) is 70.1 Å². The van der Waals surface area contributed by atoms with Gasteiger partial charge in [-0.2, -0.15) is 0 Å². The summed E-state index contributed by atoms with van der Waals surface area (Å²) in [5, 5.41) is 3.09. The molecule has 0 aliphatic carbocycles. The van der Waals surface area contributed by atoms with Gasteiger partial charge in [0.1, 0.15) is 18.2 Å². The lowest BCUT2D eigenvalue weighted by atomic mass is 9.96. The largest absolute Gasteiger partial charge is 0.491 e. The summed E-state index contributed by atoms with van der Waals surface area (Å²) in [7, 11) is -1.22. The molecule has 2 aliphatic heterocycles. The standard InChI is InChI=1S/C39H47N5O4S/c1-3-5-20-47-21-22-48-36-14-9-29(10-15-36)32-24-31-23-30(8-13-34-7-6-19-44(34)38(31)41-25-32)39(45)42-33-11-16-37(17-12-33)49(46)27-35-26-40-28-43(35)18-4-2/h9-12,14-17,23-26,28,34H,3-8,13,18-22,27H2,1-2H3,(H,42,45)/t34-,49+/m1/s1. The minimum absolute atomic E-state index is 0.125. The van der Waals surface area contributed by atoms with E-state index in [4.69, 9.17) is 14.5 Å². The van der Waals surface area contributed by atoms with Gasteiger partial charge in [0.25, 0.3) is 5.91 Å². The number of unbranched alkanes of at least 4 members (excludes halogenated alkanes) is 1. The molecule has 4 aromatic rings.